The maximum atomic E-state index is 14.1. The quantitative estimate of drug-likeness (QED) is 0.318. The van der Waals surface area contributed by atoms with Crippen LogP contribution in [-0.2, 0) is 24.4 Å². The fourth-order valence-electron chi connectivity index (χ4n) is 4.65. The number of carboxylic acids is 1. The van der Waals surface area contributed by atoms with Crippen molar-refractivity contribution in [1.29, 1.82) is 0 Å². The van der Waals surface area contributed by atoms with Gasteiger partial charge >= 0.3 is 5.97 Å². The van der Waals surface area contributed by atoms with E-state index in [1.54, 1.807) is 24.4 Å². The van der Waals surface area contributed by atoms with E-state index in [1.807, 2.05) is 4.57 Å². The highest BCUT2D eigenvalue weighted by atomic mass is 35.5. The Labute approximate surface area is 227 Å². The first-order valence-electron chi connectivity index (χ1n) is 12.6. The highest BCUT2D eigenvalue weighted by Crippen LogP contribution is 2.27. The highest BCUT2D eigenvalue weighted by Gasteiger charge is 2.26. The van der Waals surface area contributed by atoms with E-state index in [0.717, 1.165) is 37.4 Å². The van der Waals surface area contributed by atoms with E-state index >= 15 is 0 Å². The number of halogens is 2. The van der Waals surface area contributed by atoms with Gasteiger partial charge in [-0.3, -0.25) is 4.90 Å². The lowest BCUT2D eigenvalue weighted by atomic mass is 10.1. The molecule has 1 aromatic carbocycles. The van der Waals surface area contributed by atoms with Gasteiger partial charge in [-0.05, 0) is 30.5 Å². The predicted molar refractivity (Wildman–Crippen MR) is 139 cm³/mol. The first kappa shape index (κ1) is 25.5. The summed E-state index contributed by atoms with van der Waals surface area (Å²) in [6.07, 6.45) is 5.47. The van der Waals surface area contributed by atoms with Gasteiger partial charge in [0, 0.05) is 48.6 Å². The molecule has 5 heterocycles. The Balaban J connectivity index is 1.13. The number of hydrogen-bond donors (Lipinski definition) is 1. The Morgan fingerprint density at radius 2 is 2.13 bits per heavy atom. The molecule has 6 rings (SSSR count). The predicted octanol–water partition coefficient (Wildman–Crippen LogP) is 4.57. The highest BCUT2D eigenvalue weighted by molar-refractivity contribution is 6.30. The Hall–Kier alpha value is -3.80. The normalized spacial score (nSPS) is 17.7. The average molecular weight is 554 g/mol. The number of nitrogens with zero attached hydrogens (tertiary/aromatic N) is 5. The summed E-state index contributed by atoms with van der Waals surface area (Å²) in [5.74, 6) is 0.0603. The van der Waals surface area contributed by atoms with Crippen LogP contribution in [-0.4, -0.2) is 61.3 Å². The number of ether oxygens (including phenoxy) is 2. The summed E-state index contributed by atoms with van der Waals surface area (Å²) in [4.78, 5) is 27.1. The van der Waals surface area contributed by atoms with Gasteiger partial charge in [0.2, 0.25) is 17.4 Å². The third-order valence-corrected chi connectivity index (χ3v) is 7.12. The van der Waals surface area contributed by atoms with Crippen LogP contribution in [0.1, 0.15) is 40.6 Å². The number of hydrogen-bond acceptors (Lipinski definition) is 8. The molecule has 0 saturated carbocycles. The molecule has 4 aromatic rings. The molecule has 202 valence electrons. The molecule has 1 N–H and O–H groups in total. The lowest BCUT2D eigenvalue weighted by molar-refractivity contribution is -0.0591. The maximum absolute atomic E-state index is 14.1. The molecule has 0 amide bonds. The van der Waals surface area contributed by atoms with E-state index in [9.17, 15) is 14.3 Å². The van der Waals surface area contributed by atoms with E-state index in [0.29, 0.717) is 53.2 Å². The Morgan fingerprint density at radius 3 is 2.85 bits per heavy atom. The summed E-state index contributed by atoms with van der Waals surface area (Å²) in [5.41, 5.74) is 2.37. The summed E-state index contributed by atoms with van der Waals surface area (Å²) >= 11 is 5.82. The number of furan rings is 1. The summed E-state index contributed by atoms with van der Waals surface area (Å²) in [6, 6.07) is 7.62. The zero-order chi connectivity index (χ0) is 26.9. The minimum atomic E-state index is -1.12. The van der Waals surface area contributed by atoms with Crippen LogP contribution in [0.5, 0.6) is 5.88 Å². The molecule has 10 nitrogen and oxygen atoms in total. The van der Waals surface area contributed by atoms with Gasteiger partial charge in [0.05, 0.1) is 19.2 Å². The third-order valence-electron chi connectivity index (χ3n) is 6.88. The number of imidazole rings is 1. The molecule has 1 saturated heterocycles. The topological polar surface area (TPSA) is 116 Å². The van der Waals surface area contributed by atoms with Crippen molar-refractivity contribution in [3.8, 4) is 5.88 Å². The van der Waals surface area contributed by atoms with Crippen LogP contribution in [0.25, 0.3) is 16.8 Å². The Kier molecular flexibility index (Phi) is 7.03. The molecule has 0 aliphatic carbocycles. The molecule has 0 unspecified atom stereocenters. The van der Waals surface area contributed by atoms with E-state index in [4.69, 9.17) is 25.5 Å². The van der Waals surface area contributed by atoms with Crippen LogP contribution in [0.2, 0.25) is 5.02 Å². The number of aromatic carboxylic acids is 1. The minimum Gasteiger partial charge on any atom is -0.475 e. The second kappa shape index (κ2) is 10.8. The number of rotatable bonds is 9. The second-order valence-corrected chi connectivity index (χ2v) is 9.92. The smallest absolute Gasteiger partial charge is 0.371 e. The maximum Gasteiger partial charge on any atom is 0.371 e. The Bertz CT molecular complexity index is 1560. The van der Waals surface area contributed by atoms with Gasteiger partial charge < -0.3 is 23.6 Å². The molecule has 12 heteroatoms. The molecule has 0 spiro atoms. The number of benzene rings is 1. The van der Waals surface area contributed by atoms with Gasteiger partial charge in [0.1, 0.15) is 23.8 Å². The zero-order valence-corrected chi connectivity index (χ0v) is 21.6. The minimum absolute atomic E-state index is 0.0294. The average Bonchev–Trinajstić information content (AvgIpc) is 3.45. The van der Waals surface area contributed by atoms with Crippen molar-refractivity contribution < 1.29 is 28.2 Å². The van der Waals surface area contributed by atoms with E-state index in [1.165, 1.54) is 12.1 Å². The van der Waals surface area contributed by atoms with Crippen LogP contribution >= 0.6 is 11.6 Å². The van der Waals surface area contributed by atoms with E-state index < -0.39 is 11.8 Å². The van der Waals surface area contributed by atoms with Crippen LogP contribution < -0.4 is 4.74 Å². The van der Waals surface area contributed by atoms with Gasteiger partial charge in [-0.15, -0.1) is 0 Å². The summed E-state index contributed by atoms with van der Waals surface area (Å²) < 4.78 is 32.8. The summed E-state index contributed by atoms with van der Waals surface area (Å²) in [5, 5.41) is 9.63. The largest absolute Gasteiger partial charge is 0.475 e. The molecule has 1 atom stereocenters. The molecule has 39 heavy (non-hydrogen) atoms. The van der Waals surface area contributed by atoms with Crippen molar-refractivity contribution in [2.45, 2.75) is 38.6 Å². The zero-order valence-electron chi connectivity index (χ0n) is 20.8. The van der Waals surface area contributed by atoms with Crippen molar-refractivity contribution in [3.63, 3.8) is 0 Å². The van der Waals surface area contributed by atoms with Crippen molar-refractivity contribution in [1.82, 2.24) is 24.4 Å². The fourth-order valence-corrected chi connectivity index (χ4v) is 4.81. The fraction of sp³-hybridized carbons (Fsp3) is 0.333. The number of carbonyl (C=O) groups is 1. The SMILES string of the molecule is O=C(O)c1cc2c(nc(CN3CC=C(c4nccc(OCc5ccc(Cl)cc5F)n4)CC3)n2C[C@@H]2CCO2)o1. The van der Waals surface area contributed by atoms with Gasteiger partial charge in [-0.2, -0.15) is 9.97 Å². The van der Waals surface area contributed by atoms with Crippen LogP contribution in [0.3, 0.4) is 0 Å². The number of fused-ring (bicyclic) bond motifs is 1. The molecule has 0 radical (unpaired) electrons. The molecule has 3 aromatic heterocycles. The van der Waals surface area contributed by atoms with Crippen molar-refractivity contribution in [3.05, 3.63) is 76.4 Å². The van der Waals surface area contributed by atoms with Crippen LogP contribution in [0, 0.1) is 5.82 Å². The van der Waals surface area contributed by atoms with Gasteiger partial charge in [-0.25, -0.2) is 14.2 Å². The van der Waals surface area contributed by atoms with Gasteiger partial charge in [0.25, 0.3) is 0 Å². The first-order valence-corrected chi connectivity index (χ1v) is 13.0. The molecular formula is C27H25ClFN5O5. The lowest BCUT2D eigenvalue weighted by Crippen LogP contribution is -2.33. The van der Waals surface area contributed by atoms with Crippen LogP contribution in [0.15, 0.2) is 47.0 Å². The summed E-state index contributed by atoms with van der Waals surface area (Å²) in [6.45, 7) is 3.34. The standard InChI is InChI=1S/C27H25ClFN5O5/c28-18-2-1-17(20(29)11-18)15-38-24-3-7-30-25(32-24)16-4-8-33(9-5-16)14-23-31-26-21(12-22(39-26)27(35)36)34(23)13-19-6-10-37-19/h1-4,7,11-12,19H,5-6,8-10,13-15H2,(H,35,36)/t19-/m0/s1. The number of aromatic nitrogens is 4. The van der Waals surface area contributed by atoms with E-state index in [2.05, 4.69) is 25.9 Å². The second-order valence-electron chi connectivity index (χ2n) is 9.48. The van der Waals surface area contributed by atoms with Crippen molar-refractivity contribution in [2.24, 2.45) is 0 Å². The van der Waals surface area contributed by atoms with Crippen LogP contribution in [0.4, 0.5) is 4.39 Å². The first-order chi connectivity index (χ1) is 18.9. The molecule has 1 fully saturated rings. The molecule has 2 aliphatic heterocycles. The molecular weight excluding hydrogens is 529 g/mol. The van der Waals surface area contributed by atoms with Crippen molar-refractivity contribution in [2.75, 3.05) is 19.7 Å². The van der Waals surface area contributed by atoms with Gasteiger partial charge in [0.15, 0.2) is 5.82 Å². The van der Waals surface area contributed by atoms with E-state index in [-0.39, 0.29) is 18.5 Å². The van der Waals surface area contributed by atoms with Gasteiger partial charge in [-0.1, -0.05) is 23.7 Å². The third kappa shape index (κ3) is 5.51. The lowest BCUT2D eigenvalue weighted by Gasteiger charge is -2.29. The molecule has 0 bridgehead atoms. The molecule has 2 aliphatic rings. The summed E-state index contributed by atoms with van der Waals surface area (Å²) in [7, 11) is 0. The monoisotopic (exact) mass is 553 g/mol. The number of carboxylic acid groups (broad SMARTS) is 1. The Morgan fingerprint density at radius 1 is 1.26 bits per heavy atom. The van der Waals surface area contributed by atoms with Crippen molar-refractivity contribution >= 4 is 34.4 Å².